The minimum Gasteiger partial charge on any atom is -0.492 e. The fourth-order valence-electron chi connectivity index (χ4n) is 2.26. The molecule has 1 aliphatic heterocycles. The van der Waals surface area contributed by atoms with Crippen molar-refractivity contribution < 1.29 is 9.94 Å². The molecule has 0 saturated carbocycles. The number of oxime groups is 1. The van der Waals surface area contributed by atoms with E-state index in [1.165, 1.54) is 25.9 Å². The van der Waals surface area contributed by atoms with Crippen molar-refractivity contribution in [3.8, 4) is 5.75 Å². The third kappa shape index (κ3) is 3.61. The Morgan fingerprint density at radius 2 is 2.16 bits per heavy atom. The third-order valence-electron chi connectivity index (χ3n) is 3.46. The van der Waals surface area contributed by atoms with E-state index in [-0.39, 0.29) is 5.84 Å². The summed E-state index contributed by atoms with van der Waals surface area (Å²) < 4.78 is 5.80. The predicted molar refractivity (Wildman–Crippen MR) is 74.9 cm³/mol. The van der Waals surface area contributed by atoms with Crippen LogP contribution in [0.15, 0.2) is 23.4 Å². The molecule has 0 atom stereocenters. The summed E-state index contributed by atoms with van der Waals surface area (Å²) in [5.41, 5.74) is 7.30. The van der Waals surface area contributed by atoms with E-state index in [4.69, 9.17) is 15.7 Å². The Morgan fingerprint density at radius 3 is 2.84 bits per heavy atom. The van der Waals surface area contributed by atoms with Crippen LogP contribution < -0.4 is 10.5 Å². The van der Waals surface area contributed by atoms with E-state index in [0.29, 0.717) is 12.2 Å². The molecule has 0 spiro atoms. The summed E-state index contributed by atoms with van der Waals surface area (Å²) in [7, 11) is 0. The zero-order valence-electron chi connectivity index (χ0n) is 11.3. The first-order valence-electron chi connectivity index (χ1n) is 6.64. The predicted octanol–water partition coefficient (Wildman–Crippen LogP) is 1.56. The van der Waals surface area contributed by atoms with Crippen molar-refractivity contribution in [1.29, 1.82) is 0 Å². The molecule has 1 aromatic rings. The average Bonchev–Trinajstić information content (AvgIpc) is 2.93. The van der Waals surface area contributed by atoms with Gasteiger partial charge in [-0.1, -0.05) is 17.3 Å². The molecule has 1 fully saturated rings. The molecule has 104 valence electrons. The molecule has 0 unspecified atom stereocenters. The lowest BCUT2D eigenvalue weighted by Gasteiger charge is -2.16. The molecule has 2 rings (SSSR count). The number of amidine groups is 1. The Hall–Kier alpha value is -1.75. The molecule has 1 aliphatic rings. The molecule has 0 aliphatic carbocycles. The molecule has 0 bridgehead atoms. The molecule has 19 heavy (non-hydrogen) atoms. The summed E-state index contributed by atoms with van der Waals surface area (Å²) in [6, 6.07) is 5.55. The van der Waals surface area contributed by atoms with Crippen LogP contribution >= 0.6 is 0 Å². The number of likely N-dealkylation sites (tertiary alicyclic amines) is 1. The van der Waals surface area contributed by atoms with Gasteiger partial charge in [-0.05, 0) is 44.5 Å². The molecule has 5 nitrogen and oxygen atoms in total. The van der Waals surface area contributed by atoms with Gasteiger partial charge in [-0.15, -0.1) is 0 Å². The van der Waals surface area contributed by atoms with Gasteiger partial charge in [0.15, 0.2) is 5.84 Å². The van der Waals surface area contributed by atoms with Gasteiger partial charge in [0.05, 0.1) is 0 Å². The number of hydrogen-bond donors (Lipinski definition) is 2. The lowest BCUT2D eigenvalue weighted by molar-refractivity contribution is 0.237. The maximum atomic E-state index is 8.68. The summed E-state index contributed by atoms with van der Waals surface area (Å²) in [5, 5.41) is 11.7. The number of rotatable bonds is 5. The summed E-state index contributed by atoms with van der Waals surface area (Å²) in [6.45, 7) is 5.95. The maximum absolute atomic E-state index is 8.68. The van der Waals surface area contributed by atoms with Gasteiger partial charge in [0.25, 0.3) is 0 Å². The van der Waals surface area contributed by atoms with E-state index in [9.17, 15) is 0 Å². The normalized spacial score (nSPS) is 16.8. The Bertz CT molecular complexity index is 454. The molecule has 1 heterocycles. The van der Waals surface area contributed by atoms with E-state index >= 15 is 0 Å². The largest absolute Gasteiger partial charge is 0.492 e. The highest BCUT2D eigenvalue weighted by Gasteiger charge is 2.11. The van der Waals surface area contributed by atoms with E-state index in [1.807, 2.05) is 25.1 Å². The lowest BCUT2D eigenvalue weighted by Crippen LogP contribution is -2.25. The first-order valence-corrected chi connectivity index (χ1v) is 6.64. The quantitative estimate of drug-likeness (QED) is 0.366. The topological polar surface area (TPSA) is 71.1 Å². The Balaban J connectivity index is 1.94. The number of aryl methyl sites for hydroxylation is 1. The van der Waals surface area contributed by atoms with Crippen molar-refractivity contribution in [3.63, 3.8) is 0 Å². The number of ether oxygens (including phenoxy) is 1. The third-order valence-corrected chi connectivity index (χ3v) is 3.46. The van der Waals surface area contributed by atoms with Gasteiger partial charge in [0.2, 0.25) is 0 Å². The van der Waals surface area contributed by atoms with E-state index < -0.39 is 0 Å². The summed E-state index contributed by atoms with van der Waals surface area (Å²) in [5.74, 6) is 0.896. The van der Waals surface area contributed by atoms with Gasteiger partial charge in [-0.2, -0.15) is 0 Å². The first-order chi connectivity index (χ1) is 9.20. The van der Waals surface area contributed by atoms with Gasteiger partial charge in [0, 0.05) is 12.1 Å². The highest BCUT2D eigenvalue weighted by Crippen LogP contribution is 2.19. The summed E-state index contributed by atoms with van der Waals surface area (Å²) >= 11 is 0. The standard InChI is InChI=1S/C14H21N3O2/c1-11-4-5-12(14(15)16-18)10-13(11)19-9-8-17-6-2-3-7-17/h4-5,10,18H,2-3,6-9H2,1H3,(H2,15,16). The van der Waals surface area contributed by atoms with Crippen LogP contribution in [0.1, 0.15) is 24.0 Å². The van der Waals surface area contributed by atoms with Crippen molar-refractivity contribution in [2.45, 2.75) is 19.8 Å². The second kappa shape index (κ2) is 6.43. The van der Waals surface area contributed by atoms with Crippen molar-refractivity contribution in [2.24, 2.45) is 10.9 Å². The monoisotopic (exact) mass is 263 g/mol. The van der Waals surface area contributed by atoms with Gasteiger partial charge >= 0.3 is 0 Å². The zero-order valence-corrected chi connectivity index (χ0v) is 11.3. The molecule has 0 aromatic heterocycles. The van der Waals surface area contributed by atoms with Crippen molar-refractivity contribution in [3.05, 3.63) is 29.3 Å². The number of hydrogen-bond acceptors (Lipinski definition) is 4. The number of nitrogens with zero attached hydrogens (tertiary/aromatic N) is 2. The molecular formula is C14H21N3O2. The Labute approximate surface area is 113 Å². The molecule has 1 saturated heterocycles. The van der Waals surface area contributed by atoms with Crippen LogP contribution in [0.2, 0.25) is 0 Å². The van der Waals surface area contributed by atoms with Gasteiger partial charge in [-0.3, -0.25) is 4.90 Å². The molecule has 3 N–H and O–H groups in total. The van der Waals surface area contributed by atoms with Crippen LogP contribution in [0, 0.1) is 6.92 Å². The zero-order chi connectivity index (χ0) is 13.7. The number of benzene rings is 1. The minimum atomic E-state index is 0.101. The molecular weight excluding hydrogens is 242 g/mol. The van der Waals surface area contributed by atoms with Crippen molar-refractivity contribution in [2.75, 3.05) is 26.2 Å². The van der Waals surface area contributed by atoms with E-state index in [2.05, 4.69) is 10.1 Å². The van der Waals surface area contributed by atoms with Gasteiger partial charge in [-0.25, -0.2) is 0 Å². The lowest BCUT2D eigenvalue weighted by atomic mass is 10.1. The van der Waals surface area contributed by atoms with E-state index in [0.717, 1.165) is 17.9 Å². The van der Waals surface area contributed by atoms with Crippen LogP contribution in [0.4, 0.5) is 0 Å². The van der Waals surface area contributed by atoms with Crippen LogP contribution in [-0.2, 0) is 0 Å². The van der Waals surface area contributed by atoms with Crippen LogP contribution in [-0.4, -0.2) is 42.2 Å². The van der Waals surface area contributed by atoms with Gasteiger partial charge < -0.3 is 15.7 Å². The molecule has 0 radical (unpaired) electrons. The second-order valence-corrected chi connectivity index (χ2v) is 4.86. The molecule has 1 aromatic carbocycles. The minimum absolute atomic E-state index is 0.101. The van der Waals surface area contributed by atoms with Crippen LogP contribution in [0.3, 0.4) is 0 Å². The highest BCUT2D eigenvalue weighted by molar-refractivity contribution is 5.97. The highest BCUT2D eigenvalue weighted by atomic mass is 16.5. The SMILES string of the molecule is Cc1ccc(/C(N)=N/O)cc1OCCN1CCCC1. The summed E-state index contributed by atoms with van der Waals surface area (Å²) in [4.78, 5) is 2.41. The molecule has 5 heteroatoms. The van der Waals surface area contributed by atoms with Crippen LogP contribution in [0.25, 0.3) is 0 Å². The van der Waals surface area contributed by atoms with Crippen molar-refractivity contribution >= 4 is 5.84 Å². The van der Waals surface area contributed by atoms with E-state index in [1.54, 1.807) is 0 Å². The Kier molecular flexibility index (Phi) is 4.63. The second-order valence-electron chi connectivity index (χ2n) is 4.86. The summed E-state index contributed by atoms with van der Waals surface area (Å²) in [6.07, 6.45) is 2.58. The fourth-order valence-corrected chi connectivity index (χ4v) is 2.26. The maximum Gasteiger partial charge on any atom is 0.170 e. The van der Waals surface area contributed by atoms with Crippen LogP contribution in [0.5, 0.6) is 5.75 Å². The molecule has 0 amide bonds. The fraction of sp³-hybridized carbons (Fsp3) is 0.500. The smallest absolute Gasteiger partial charge is 0.170 e. The van der Waals surface area contributed by atoms with Gasteiger partial charge in [0.1, 0.15) is 12.4 Å². The average molecular weight is 263 g/mol. The number of nitrogens with two attached hydrogens (primary N) is 1. The Morgan fingerprint density at radius 1 is 1.42 bits per heavy atom. The first kappa shape index (κ1) is 13.7. The van der Waals surface area contributed by atoms with Crippen molar-refractivity contribution in [1.82, 2.24) is 4.90 Å².